The minimum absolute atomic E-state index is 0.0341. The summed E-state index contributed by atoms with van der Waals surface area (Å²) in [5.74, 6) is -0.205. The van der Waals surface area contributed by atoms with E-state index in [1.807, 2.05) is 0 Å². The molecule has 16 heavy (non-hydrogen) atoms. The number of nitrogens with two attached hydrogens (primary N) is 2. The molecule has 1 aliphatic rings. The summed E-state index contributed by atoms with van der Waals surface area (Å²) in [5, 5.41) is 7.55. The zero-order valence-electron chi connectivity index (χ0n) is 9.05. The molecule has 0 saturated carbocycles. The molecule has 8 nitrogen and oxygen atoms in total. The molecule has 1 aliphatic heterocycles. The molecule has 0 spiro atoms. The van der Waals surface area contributed by atoms with Crippen LogP contribution in [0.3, 0.4) is 0 Å². The van der Waals surface area contributed by atoms with E-state index in [2.05, 4.69) is 4.99 Å². The lowest BCUT2D eigenvalue weighted by Crippen LogP contribution is -2.50. The Morgan fingerprint density at radius 1 is 1.25 bits per heavy atom. The molecule has 9 heteroatoms. The van der Waals surface area contributed by atoms with Crippen LogP contribution in [0, 0.1) is 5.41 Å². The van der Waals surface area contributed by atoms with Gasteiger partial charge in [0.05, 0.1) is 6.26 Å². The summed E-state index contributed by atoms with van der Waals surface area (Å²) in [6, 6.07) is 0. The van der Waals surface area contributed by atoms with Gasteiger partial charge in [0.2, 0.25) is 16.0 Å². The molecular weight excluding hydrogens is 232 g/mol. The molecule has 1 rings (SSSR count). The summed E-state index contributed by atoms with van der Waals surface area (Å²) >= 11 is 0. The number of aliphatic imine (C=N–C) groups is 1. The van der Waals surface area contributed by atoms with Gasteiger partial charge in [0.25, 0.3) is 0 Å². The summed E-state index contributed by atoms with van der Waals surface area (Å²) in [7, 11) is -3.15. The van der Waals surface area contributed by atoms with E-state index in [1.165, 1.54) is 10.6 Å². The normalized spacial score (nSPS) is 18.2. The third-order valence-electron chi connectivity index (χ3n) is 2.24. The molecule has 0 atom stereocenters. The summed E-state index contributed by atoms with van der Waals surface area (Å²) in [4.78, 5) is 5.23. The van der Waals surface area contributed by atoms with Crippen LogP contribution in [0.15, 0.2) is 4.99 Å². The zero-order chi connectivity index (χ0) is 12.3. The Balaban J connectivity index is 2.56. The van der Waals surface area contributed by atoms with Crippen LogP contribution in [0.5, 0.6) is 0 Å². The van der Waals surface area contributed by atoms with Gasteiger partial charge in [-0.15, -0.1) is 0 Å². The number of nitrogens with one attached hydrogen (secondary N) is 1. The summed E-state index contributed by atoms with van der Waals surface area (Å²) < 4.78 is 23.8. The van der Waals surface area contributed by atoms with Crippen molar-refractivity contribution in [2.24, 2.45) is 16.5 Å². The minimum atomic E-state index is -3.15. The highest BCUT2D eigenvalue weighted by Crippen LogP contribution is 2.06. The maximum Gasteiger partial charge on any atom is 0.221 e. The van der Waals surface area contributed by atoms with Crippen molar-refractivity contribution in [3.63, 3.8) is 0 Å². The van der Waals surface area contributed by atoms with Gasteiger partial charge in [0, 0.05) is 26.2 Å². The Kier molecular flexibility index (Phi) is 3.70. The molecule has 0 aromatic rings. The minimum Gasteiger partial charge on any atom is -0.370 e. The number of piperazine rings is 1. The lowest BCUT2D eigenvalue weighted by atomic mass is 10.4. The topological polar surface area (TPSA) is 129 Å². The Morgan fingerprint density at radius 3 is 2.12 bits per heavy atom. The Labute approximate surface area is 94.5 Å². The summed E-state index contributed by atoms with van der Waals surface area (Å²) in [5.41, 5.74) is 10.3. The number of rotatable bonds is 1. The average molecular weight is 248 g/mol. The van der Waals surface area contributed by atoms with E-state index in [9.17, 15) is 8.42 Å². The Bertz CT molecular complexity index is 391. The van der Waals surface area contributed by atoms with Crippen molar-refractivity contribution in [3.8, 4) is 0 Å². The van der Waals surface area contributed by atoms with Crippen molar-refractivity contribution in [1.82, 2.24) is 9.21 Å². The first kappa shape index (κ1) is 12.7. The fourth-order valence-corrected chi connectivity index (χ4v) is 2.25. The lowest BCUT2D eigenvalue weighted by Gasteiger charge is -2.33. The second-order valence-electron chi connectivity index (χ2n) is 3.51. The van der Waals surface area contributed by atoms with E-state index >= 15 is 0 Å². The quantitative estimate of drug-likeness (QED) is 0.357. The molecule has 0 aromatic heterocycles. The van der Waals surface area contributed by atoms with Crippen molar-refractivity contribution < 1.29 is 8.42 Å². The second kappa shape index (κ2) is 4.66. The van der Waals surface area contributed by atoms with Crippen LogP contribution in [0.2, 0.25) is 0 Å². The number of nitrogens with zero attached hydrogens (tertiary/aromatic N) is 3. The average Bonchev–Trinajstić information content (AvgIpc) is 2.15. The molecule has 1 heterocycles. The molecule has 0 bridgehead atoms. The maximum absolute atomic E-state index is 11.2. The van der Waals surface area contributed by atoms with E-state index in [0.29, 0.717) is 26.2 Å². The van der Waals surface area contributed by atoms with E-state index in [-0.39, 0.29) is 11.9 Å². The summed E-state index contributed by atoms with van der Waals surface area (Å²) in [6.07, 6.45) is 1.17. The first-order valence-corrected chi connectivity index (χ1v) is 6.54. The lowest BCUT2D eigenvalue weighted by molar-refractivity contribution is 0.264. The van der Waals surface area contributed by atoms with Crippen molar-refractivity contribution in [3.05, 3.63) is 0 Å². The van der Waals surface area contributed by atoms with Gasteiger partial charge in [0.15, 0.2) is 5.96 Å². The van der Waals surface area contributed by atoms with Crippen molar-refractivity contribution in [2.75, 3.05) is 32.4 Å². The van der Waals surface area contributed by atoms with E-state index in [4.69, 9.17) is 16.9 Å². The smallest absolute Gasteiger partial charge is 0.221 e. The monoisotopic (exact) mass is 248 g/mol. The SMILES string of the molecule is CS(=O)(=O)N1CCN(C(=N)N=C(N)N)CC1. The van der Waals surface area contributed by atoms with Crippen LogP contribution in [-0.4, -0.2) is 62.0 Å². The molecule has 0 amide bonds. The zero-order valence-corrected chi connectivity index (χ0v) is 9.87. The highest BCUT2D eigenvalue weighted by molar-refractivity contribution is 7.88. The number of sulfonamides is 1. The molecule has 0 unspecified atom stereocenters. The number of hydrogen-bond donors (Lipinski definition) is 3. The third kappa shape index (κ3) is 3.35. The van der Waals surface area contributed by atoms with E-state index < -0.39 is 10.0 Å². The van der Waals surface area contributed by atoms with Crippen LogP contribution in [0.25, 0.3) is 0 Å². The fourth-order valence-electron chi connectivity index (χ4n) is 1.42. The van der Waals surface area contributed by atoms with Gasteiger partial charge in [-0.3, -0.25) is 5.41 Å². The highest BCUT2D eigenvalue weighted by Gasteiger charge is 2.24. The number of guanidine groups is 2. The molecule has 0 aliphatic carbocycles. The molecule has 92 valence electrons. The predicted molar refractivity (Wildman–Crippen MR) is 61.5 cm³/mol. The van der Waals surface area contributed by atoms with Crippen molar-refractivity contribution in [2.45, 2.75) is 0 Å². The first-order chi connectivity index (χ1) is 7.30. The van der Waals surface area contributed by atoms with Crippen LogP contribution < -0.4 is 11.5 Å². The Morgan fingerprint density at radius 2 is 1.75 bits per heavy atom. The molecule has 0 aromatic carbocycles. The first-order valence-electron chi connectivity index (χ1n) is 4.69. The van der Waals surface area contributed by atoms with E-state index in [1.54, 1.807) is 4.90 Å². The molecule has 0 radical (unpaired) electrons. The van der Waals surface area contributed by atoms with Crippen LogP contribution in [-0.2, 0) is 10.0 Å². The van der Waals surface area contributed by atoms with Crippen LogP contribution >= 0.6 is 0 Å². The van der Waals surface area contributed by atoms with Crippen LogP contribution in [0.4, 0.5) is 0 Å². The Hall–Kier alpha value is -1.35. The van der Waals surface area contributed by atoms with Crippen LogP contribution in [0.1, 0.15) is 0 Å². The molecule has 1 saturated heterocycles. The largest absolute Gasteiger partial charge is 0.370 e. The van der Waals surface area contributed by atoms with Gasteiger partial charge in [-0.05, 0) is 0 Å². The van der Waals surface area contributed by atoms with E-state index in [0.717, 1.165) is 0 Å². The van der Waals surface area contributed by atoms with Gasteiger partial charge in [-0.2, -0.15) is 9.30 Å². The predicted octanol–water partition coefficient (Wildman–Crippen LogP) is -2.23. The maximum atomic E-state index is 11.2. The molecule has 5 N–H and O–H groups in total. The fraction of sp³-hybridized carbons (Fsp3) is 0.714. The molecule has 1 fully saturated rings. The highest BCUT2D eigenvalue weighted by atomic mass is 32.2. The number of hydrogen-bond acceptors (Lipinski definition) is 3. The van der Waals surface area contributed by atoms with Gasteiger partial charge < -0.3 is 16.4 Å². The molecular formula is C7H16N6O2S. The van der Waals surface area contributed by atoms with Crippen molar-refractivity contribution >= 4 is 21.9 Å². The van der Waals surface area contributed by atoms with Gasteiger partial charge in [-0.25, -0.2) is 8.42 Å². The van der Waals surface area contributed by atoms with Gasteiger partial charge in [-0.1, -0.05) is 0 Å². The van der Waals surface area contributed by atoms with Gasteiger partial charge >= 0.3 is 0 Å². The van der Waals surface area contributed by atoms with Gasteiger partial charge in [0.1, 0.15) is 0 Å². The second-order valence-corrected chi connectivity index (χ2v) is 5.49. The summed E-state index contributed by atoms with van der Waals surface area (Å²) in [6.45, 7) is 1.54. The third-order valence-corrected chi connectivity index (χ3v) is 3.55. The van der Waals surface area contributed by atoms with Crippen molar-refractivity contribution in [1.29, 1.82) is 5.41 Å². The standard InChI is InChI=1S/C7H16N6O2S/c1-16(14,15)13-4-2-12(3-5-13)7(10)11-6(8)9/h2-5H2,1H3,(H5,8,9,10,11).